The van der Waals surface area contributed by atoms with Crippen LogP contribution in [-0.2, 0) is 0 Å². The van der Waals surface area contributed by atoms with E-state index >= 15 is 0 Å². The average Bonchev–Trinajstić information content (AvgIpc) is 2.05. The number of halogens is 1. The van der Waals surface area contributed by atoms with Crippen LogP contribution in [0.1, 0.15) is 46.0 Å². The average molecular weight is 183 g/mol. The summed E-state index contributed by atoms with van der Waals surface area (Å²) >= 11 is 0. The van der Waals surface area contributed by atoms with Crippen molar-refractivity contribution in [3.63, 3.8) is 0 Å². The molecule has 1 atom stereocenters. The maximum atomic E-state index is 13.6. The highest BCUT2D eigenvalue weighted by Crippen LogP contribution is 2.34. The molecule has 1 unspecified atom stereocenters. The van der Waals surface area contributed by atoms with Crippen LogP contribution < -0.4 is 0 Å². The summed E-state index contributed by atoms with van der Waals surface area (Å²) in [7, 11) is 0. The van der Waals surface area contributed by atoms with Gasteiger partial charge in [-0.05, 0) is 26.7 Å². The van der Waals surface area contributed by atoms with Crippen molar-refractivity contribution in [3.8, 4) is 0 Å². The molecule has 1 nitrogen and oxygen atoms in total. The van der Waals surface area contributed by atoms with Gasteiger partial charge >= 0.3 is 0 Å². The zero-order valence-corrected chi connectivity index (χ0v) is 8.52. The molecule has 0 spiro atoms. The molecule has 0 radical (unpaired) electrons. The first-order chi connectivity index (χ1) is 6.05. The maximum absolute atomic E-state index is 13.6. The summed E-state index contributed by atoms with van der Waals surface area (Å²) in [4.78, 5) is 3.46. The second-order valence-corrected chi connectivity index (χ2v) is 4.54. The van der Waals surface area contributed by atoms with Crippen LogP contribution in [0.25, 0.3) is 4.85 Å². The molecule has 0 amide bonds. The lowest BCUT2D eigenvalue weighted by Crippen LogP contribution is -2.36. The van der Waals surface area contributed by atoms with Crippen molar-refractivity contribution < 1.29 is 4.39 Å². The van der Waals surface area contributed by atoms with Crippen LogP contribution in [0.3, 0.4) is 0 Å². The van der Waals surface area contributed by atoms with Gasteiger partial charge in [0, 0.05) is 5.92 Å². The van der Waals surface area contributed by atoms with Crippen molar-refractivity contribution in [2.75, 3.05) is 0 Å². The highest BCUT2D eigenvalue weighted by Gasteiger charge is 2.41. The van der Waals surface area contributed by atoms with Gasteiger partial charge in [-0.15, -0.1) is 0 Å². The van der Waals surface area contributed by atoms with Gasteiger partial charge in [-0.1, -0.05) is 19.3 Å². The fourth-order valence-electron chi connectivity index (χ4n) is 2.27. The molecule has 2 heteroatoms. The van der Waals surface area contributed by atoms with Crippen LogP contribution in [0.4, 0.5) is 4.39 Å². The number of hydrogen-bond acceptors (Lipinski definition) is 0. The van der Waals surface area contributed by atoms with Crippen LogP contribution in [-0.4, -0.2) is 11.7 Å². The molecule has 1 rings (SSSR count). The fraction of sp³-hybridized carbons (Fsp3) is 0.909. The van der Waals surface area contributed by atoms with Crippen molar-refractivity contribution in [3.05, 3.63) is 11.4 Å². The second-order valence-electron chi connectivity index (χ2n) is 4.54. The fourth-order valence-corrected chi connectivity index (χ4v) is 2.27. The monoisotopic (exact) mass is 183 g/mol. The molecule has 0 N–H and O–H groups in total. The molecule has 1 aliphatic rings. The second kappa shape index (κ2) is 4.09. The molecule has 1 fully saturated rings. The van der Waals surface area contributed by atoms with Gasteiger partial charge in [0.2, 0.25) is 0 Å². The van der Waals surface area contributed by atoms with Crippen molar-refractivity contribution in [1.82, 2.24) is 0 Å². The van der Waals surface area contributed by atoms with Gasteiger partial charge in [-0.2, -0.15) is 0 Å². The van der Waals surface area contributed by atoms with Crippen LogP contribution >= 0.6 is 0 Å². The lowest BCUT2D eigenvalue weighted by molar-refractivity contribution is 0.138. The van der Waals surface area contributed by atoms with Crippen LogP contribution in [0.5, 0.6) is 0 Å². The Labute approximate surface area is 80.2 Å². The molecular weight excluding hydrogens is 165 g/mol. The summed E-state index contributed by atoms with van der Waals surface area (Å²) in [6.45, 7) is 10.1. The minimum absolute atomic E-state index is 0.297. The topological polar surface area (TPSA) is 4.36 Å². The van der Waals surface area contributed by atoms with E-state index in [0.29, 0.717) is 5.92 Å². The van der Waals surface area contributed by atoms with Gasteiger partial charge in [0.25, 0.3) is 6.04 Å². The third kappa shape index (κ3) is 2.69. The Balaban J connectivity index is 2.61. The third-order valence-electron chi connectivity index (χ3n) is 2.94. The van der Waals surface area contributed by atoms with Crippen LogP contribution in [0.2, 0.25) is 0 Å². The predicted molar refractivity (Wildman–Crippen MR) is 52.2 cm³/mol. The quantitative estimate of drug-likeness (QED) is 0.576. The zero-order valence-electron chi connectivity index (χ0n) is 8.52. The molecule has 0 aromatic carbocycles. The molecular formula is C11H18FN. The Morgan fingerprint density at radius 3 is 2.23 bits per heavy atom. The molecule has 0 aromatic rings. The molecule has 1 saturated carbocycles. The van der Waals surface area contributed by atoms with Crippen molar-refractivity contribution in [2.45, 2.75) is 57.7 Å². The summed E-state index contributed by atoms with van der Waals surface area (Å²) in [6, 6.07) is -0.423. The summed E-state index contributed by atoms with van der Waals surface area (Å²) in [5, 5.41) is 0. The molecule has 0 saturated heterocycles. The summed E-state index contributed by atoms with van der Waals surface area (Å²) in [5.74, 6) is 0.297. The first-order valence-corrected chi connectivity index (χ1v) is 5.11. The third-order valence-corrected chi connectivity index (χ3v) is 2.94. The molecule has 74 valence electrons. The Kier molecular flexibility index (Phi) is 3.30. The Hall–Kier alpha value is -0.580. The van der Waals surface area contributed by atoms with Crippen LogP contribution in [0.15, 0.2) is 0 Å². The van der Waals surface area contributed by atoms with E-state index in [1.54, 1.807) is 0 Å². The highest BCUT2D eigenvalue weighted by molar-refractivity contribution is 4.98. The normalized spacial score (nSPS) is 22.3. The molecule has 13 heavy (non-hydrogen) atoms. The smallest absolute Gasteiger partial charge is 0.259 e. The summed E-state index contributed by atoms with van der Waals surface area (Å²) in [5.41, 5.74) is -1.33. The lowest BCUT2D eigenvalue weighted by atomic mass is 9.79. The van der Waals surface area contributed by atoms with E-state index in [1.807, 2.05) is 0 Å². The zero-order chi connectivity index (χ0) is 9.90. The van der Waals surface area contributed by atoms with Crippen LogP contribution in [0, 0.1) is 12.5 Å². The molecule has 0 aliphatic heterocycles. The molecule has 1 aliphatic carbocycles. The van der Waals surface area contributed by atoms with Gasteiger partial charge in [0.05, 0.1) is 0 Å². The van der Waals surface area contributed by atoms with E-state index in [1.165, 1.54) is 33.1 Å². The van der Waals surface area contributed by atoms with E-state index in [4.69, 9.17) is 6.57 Å². The van der Waals surface area contributed by atoms with E-state index in [0.717, 1.165) is 12.8 Å². The molecule has 0 heterocycles. The summed E-state index contributed by atoms with van der Waals surface area (Å²) < 4.78 is 13.6. The lowest BCUT2D eigenvalue weighted by Gasteiger charge is -2.27. The first kappa shape index (κ1) is 10.5. The van der Waals surface area contributed by atoms with E-state index in [9.17, 15) is 4.39 Å². The minimum Gasteiger partial charge on any atom is -0.310 e. The minimum atomic E-state index is -1.33. The number of rotatable bonds is 2. The van der Waals surface area contributed by atoms with Gasteiger partial charge in [0.1, 0.15) is 0 Å². The Morgan fingerprint density at radius 1 is 1.31 bits per heavy atom. The van der Waals surface area contributed by atoms with Gasteiger partial charge in [-0.25, -0.2) is 11.0 Å². The predicted octanol–water partition coefficient (Wildman–Crippen LogP) is 3.60. The van der Waals surface area contributed by atoms with Crippen molar-refractivity contribution >= 4 is 0 Å². The van der Waals surface area contributed by atoms with Gasteiger partial charge in [-0.3, -0.25) is 0 Å². The highest BCUT2D eigenvalue weighted by atomic mass is 19.1. The van der Waals surface area contributed by atoms with E-state index in [-0.39, 0.29) is 0 Å². The van der Waals surface area contributed by atoms with Crippen molar-refractivity contribution in [1.29, 1.82) is 0 Å². The number of nitrogens with zero attached hydrogens (tertiary/aromatic N) is 1. The van der Waals surface area contributed by atoms with Crippen molar-refractivity contribution in [2.24, 2.45) is 5.92 Å². The largest absolute Gasteiger partial charge is 0.310 e. The SMILES string of the molecule is [C-]#[N+]C(C1CCCCC1)C(C)(C)F. The van der Waals surface area contributed by atoms with E-state index in [2.05, 4.69) is 4.85 Å². The van der Waals surface area contributed by atoms with Gasteiger partial charge in [0.15, 0.2) is 5.67 Å². The summed E-state index contributed by atoms with van der Waals surface area (Å²) in [6.07, 6.45) is 5.69. The molecule has 0 aromatic heterocycles. The molecule has 0 bridgehead atoms. The van der Waals surface area contributed by atoms with E-state index < -0.39 is 11.7 Å². The Morgan fingerprint density at radius 2 is 1.85 bits per heavy atom. The maximum Gasteiger partial charge on any atom is 0.259 e. The standard InChI is InChI=1S/C11H18FN/c1-11(2,12)10(13-3)9-7-5-4-6-8-9/h9-10H,4-8H2,1-2H3. The van der Waals surface area contributed by atoms with Gasteiger partial charge < -0.3 is 4.85 Å². The number of alkyl halides is 1. The number of hydrogen-bond donors (Lipinski definition) is 0. The Bertz CT molecular complexity index is 193. The first-order valence-electron chi connectivity index (χ1n) is 5.11.